The van der Waals surface area contributed by atoms with Crippen LogP contribution in [0.3, 0.4) is 0 Å². The van der Waals surface area contributed by atoms with E-state index in [9.17, 15) is 9.59 Å². The maximum atomic E-state index is 11.9. The summed E-state index contributed by atoms with van der Waals surface area (Å²) in [7, 11) is 0. The number of carbonyl (C=O) groups excluding carboxylic acids is 1. The van der Waals surface area contributed by atoms with Crippen molar-refractivity contribution < 1.29 is 19.4 Å². The molecule has 7 nitrogen and oxygen atoms in total. The molecule has 0 unspecified atom stereocenters. The van der Waals surface area contributed by atoms with Gasteiger partial charge in [-0.2, -0.15) is 0 Å². The average Bonchev–Trinajstić information content (AvgIpc) is 2.86. The van der Waals surface area contributed by atoms with Gasteiger partial charge in [0.1, 0.15) is 0 Å². The number of nitrogens with one attached hydrogen (secondary N) is 1. The van der Waals surface area contributed by atoms with Crippen molar-refractivity contribution >= 4 is 11.9 Å². The predicted molar refractivity (Wildman–Crippen MR) is 150 cm³/mol. The van der Waals surface area contributed by atoms with Gasteiger partial charge in [0.15, 0.2) is 0 Å². The summed E-state index contributed by atoms with van der Waals surface area (Å²) in [6.07, 6.45) is 20.4. The maximum Gasteiger partial charge on any atom is 0.305 e. The average molecular weight is 514 g/mol. The number of carbonyl (C=O) groups is 2. The van der Waals surface area contributed by atoms with E-state index < -0.39 is 5.97 Å². The summed E-state index contributed by atoms with van der Waals surface area (Å²) in [6.45, 7) is 8.59. The lowest BCUT2D eigenvalue weighted by Crippen LogP contribution is -2.35. The molecule has 0 aromatic carbocycles. The highest BCUT2D eigenvalue weighted by molar-refractivity contribution is 5.69. The lowest BCUT2D eigenvalue weighted by molar-refractivity contribution is -0.144. The summed E-state index contributed by atoms with van der Waals surface area (Å²) >= 11 is 0. The van der Waals surface area contributed by atoms with Crippen LogP contribution in [0.5, 0.6) is 0 Å². The summed E-state index contributed by atoms with van der Waals surface area (Å²) in [5, 5.41) is 12.1. The molecule has 0 aromatic rings. The van der Waals surface area contributed by atoms with E-state index >= 15 is 0 Å². The summed E-state index contributed by atoms with van der Waals surface area (Å²) in [4.78, 5) is 25.0. The van der Waals surface area contributed by atoms with Crippen molar-refractivity contribution in [2.24, 2.45) is 5.73 Å². The molecule has 0 fully saturated rings. The first-order valence-corrected chi connectivity index (χ1v) is 15.1. The standard InChI is InChI=1S/C29H59N3O4/c1-2-3-4-5-6-13-18-27-36-29(35)20-15-10-8-12-17-25-32(26-23-31-22-21-30)24-16-11-7-9-14-19-28(33)34/h31H,2-27,30H2,1H3,(H,33,34). The third-order valence-corrected chi connectivity index (χ3v) is 6.66. The zero-order valence-electron chi connectivity index (χ0n) is 23.6. The van der Waals surface area contributed by atoms with Crippen LogP contribution in [-0.4, -0.2) is 67.8 Å². The highest BCUT2D eigenvalue weighted by Gasteiger charge is 2.06. The van der Waals surface area contributed by atoms with Crippen molar-refractivity contribution in [3.05, 3.63) is 0 Å². The van der Waals surface area contributed by atoms with Crippen LogP contribution in [0.1, 0.15) is 129 Å². The second kappa shape index (κ2) is 28.4. The molecule has 0 heterocycles. The molecule has 4 N–H and O–H groups in total. The molecule has 0 atom stereocenters. The van der Waals surface area contributed by atoms with Gasteiger partial charge in [0, 0.05) is 39.0 Å². The van der Waals surface area contributed by atoms with Gasteiger partial charge >= 0.3 is 11.9 Å². The first-order chi connectivity index (χ1) is 17.6. The minimum Gasteiger partial charge on any atom is -0.481 e. The van der Waals surface area contributed by atoms with Crippen LogP contribution in [-0.2, 0) is 14.3 Å². The van der Waals surface area contributed by atoms with Crippen molar-refractivity contribution in [1.29, 1.82) is 0 Å². The van der Waals surface area contributed by atoms with Crippen LogP contribution >= 0.6 is 0 Å². The van der Waals surface area contributed by atoms with E-state index in [1.165, 1.54) is 70.6 Å². The third-order valence-electron chi connectivity index (χ3n) is 6.66. The van der Waals surface area contributed by atoms with Crippen molar-refractivity contribution in [2.45, 2.75) is 129 Å². The number of unbranched alkanes of at least 4 members (excludes halogenated alkanes) is 14. The number of esters is 1. The second-order valence-electron chi connectivity index (χ2n) is 10.2. The molecule has 0 spiro atoms. The largest absolute Gasteiger partial charge is 0.481 e. The lowest BCUT2D eigenvalue weighted by atomic mass is 10.1. The number of carboxylic acid groups (broad SMARTS) is 1. The van der Waals surface area contributed by atoms with E-state index in [1.807, 2.05) is 0 Å². The Kier molecular flexibility index (Phi) is 27.5. The Balaban J connectivity index is 3.73. The smallest absolute Gasteiger partial charge is 0.305 e. The summed E-state index contributed by atoms with van der Waals surface area (Å²) < 4.78 is 5.38. The zero-order valence-corrected chi connectivity index (χ0v) is 23.6. The lowest BCUT2D eigenvalue weighted by Gasteiger charge is -2.22. The van der Waals surface area contributed by atoms with Gasteiger partial charge in [0.2, 0.25) is 0 Å². The van der Waals surface area contributed by atoms with E-state index in [0.29, 0.717) is 26.0 Å². The highest BCUT2D eigenvalue weighted by Crippen LogP contribution is 2.10. The van der Waals surface area contributed by atoms with Gasteiger partial charge in [0.25, 0.3) is 0 Å². The van der Waals surface area contributed by atoms with E-state index in [0.717, 1.165) is 71.2 Å². The minimum atomic E-state index is -0.690. The predicted octanol–water partition coefficient (Wildman–Crippen LogP) is 5.90. The molecular weight excluding hydrogens is 454 g/mol. The zero-order chi connectivity index (χ0) is 26.5. The fourth-order valence-electron chi connectivity index (χ4n) is 4.39. The van der Waals surface area contributed by atoms with Gasteiger partial charge in [-0.15, -0.1) is 0 Å². The molecule has 0 aliphatic heterocycles. The Hall–Kier alpha value is -1.18. The second-order valence-corrected chi connectivity index (χ2v) is 10.2. The number of hydrogen-bond donors (Lipinski definition) is 3. The van der Waals surface area contributed by atoms with E-state index in [1.54, 1.807) is 0 Å². The van der Waals surface area contributed by atoms with Gasteiger partial charge in [-0.05, 0) is 45.2 Å². The molecule has 0 aromatic heterocycles. The maximum absolute atomic E-state index is 11.9. The number of nitrogens with two attached hydrogens (primary N) is 1. The molecular formula is C29H59N3O4. The number of aliphatic carboxylic acids is 1. The van der Waals surface area contributed by atoms with Gasteiger partial charge in [-0.3, -0.25) is 9.59 Å². The number of nitrogens with zero attached hydrogens (tertiary/aromatic N) is 1. The monoisotopic (exact) mass is 513 g/mol. The number of ether oxygens (including phenoxy) is 1. The first-order valence-electron chi connectivity index (χ1n) is 15.1. The molecule has 0 bridgehead atoms. The topological polar surface area (TPSA) is 105 Å². The van der Waals surface area contributed by atoms with E-state index in [4.69, 9.17) is 15.6 Å². The van der Waals surface area contributed by atoms with Crippen molar-refractivity contribution in [2.75, 3.05) is 45.9 Å². The molecule has 0 amide bonds. The van der Waals surface area contributed by atoms with Crippen LogP contribution < -0.4 is 11.1 Å². The van der Waals surface area contributed by atoms with Crippen molar-refractivity contribution in [3.63, 3.8) is 0 Å². The van der Waals surface area contributed by atoms with Crippen molar-refractivity contribution in [1.82, 2.24) is 10.2 Å². The molecule has 214 valence electrons. The molecule has 0 aliphatic carbocycles. The summed E-state index contributed by atoms with van der Waals surface area (Å²) in [5.41, 5.74) is 5.57. The Labute approximate surface area is 222 Å². The van der Waals surface area contributed by atoms with Gasteiger partial charge < -0.3 is 25.8 Å². The fraction of sp³-hybridized carbons (Fsp3) is 0.931. The molecule has 36 heavy (non-hydrogen) atoms. The molecule has 0 radical (unpaired) electrons. The van der Waals surface area contributed by atoms with Crippen LogP contribution in [0.4, 0.5) is 0 Å². The van der Waals surface area contributed by atoms with E-state index in [2.05, 4.69) is 17.1 Å². The normalized spacial score (nSPS) is 11.3. The van der Waals surface area contributed by atoms with Gasteiger partial charge in [-0.25, -0.2) is 0 Å². The summed E-state index contributed by atoms with van der Waals surface area (Å²) in [6, 6.07) is 0. The summed E-state index contributed by atoms with van der Waals surface area (Å²) in [5.74, 6) is -0.718. The fourth-order valence-corrected chi connectivity index (χ4v) is 4.39. The van der Waals surface area contributed by atoms with Gasteiger partial charge in [0.05, 0.1) is 6.61 Å². The van der Waals surface area contributed by atoms with Crippen LogP contribution in [0.2, 0.25) is 0 Å². The number of carboxylic acids is 1. The van der Waals surface area contributed by atoms with E-state index in [-0.39, 0.29) is 5.97 Å². The highest BCUT2D eigenvalue weighted by atomic mass is 16.5. The Morgan fingerprint density at radius 2 is 1.22 bits per heavy atom. The molecule has 0 saturated heterocycles. The minimum absolute atomic E-state index is 0.0277. The van der Waals surface area contributed by atoms with Crippen LogP contribution in [0, 0.1) is 0 Å². The van der Waals surface area contributed by atoms with Crippen LogP contribution in [0.15, 0.2) is 0 Å². The molecule has 0 saturated carbocycles. The quantitative estimate of drug-likeness (QED) is 0.0845. The van der Waals surface area contributed by atoms with Crippen LogP contribution in [0.25, 0.3) is 0 Å². The molecule has 0 aliphatic rings. The Morgan fingerprint density at radius 3 is 1.81 bits per heavy atom. The van der Waals surface area contributed by atoms with Crippen molar-refractivity contribution in [3.8, 4) is 0 Å². The Morgan fingerprint density at radius 1 is 0.694 bits per heavy atom. The third kappa shape index (κ3) is 27.4. The number of rotatable bonds is 29. The number of hydrogen-bond acceptors (Lipinski definition) is 6. The molecule has 0 rings (SSSR count). The SMILES string of the molecule is CCCCCCCCCOC(=O)CCCCCCCN(CCCCCCCC(=O)O)CCNCCN. The Bertz CT molecular complexity index is 491. The van der Waals surface area contributed by atoms with Gasteiger partial charge in [-0.1, -0.05) is 84.0 Å². The first kappa shape index (κ1) is 34.8. The molecule has 7 heteroatoms.